The molecule has 0 unspecified atom stereocenters. The molecule has 1 saturated heterocycles. The summed E-state index contributed by atoms with van der Waals surface area (Å²) in [4.78, 5) is 24.5. The van der Waals surface area contributed by atoms with Crippen LogP contribution in [0.15, 0.2) is 34.3 Å². The average molecular weight is 379 g/mol. The largest absolute Gasteiger partial charge is 0.378 e. The number of morpholine rings is 1. The Kier molecular flexibility index (Phi) is 6.26. The topological polar surface area (TPSA) is 141 Å². The smallest absolute Gasteiger partial charge is 0.285 e. The van der Waals surface area contributed by atoms with Crippen molar-refractivity contribution in [3.05, 3.63) is 24.3 Å². The van der Waals surface area contributed by atoms with E-state index in [1.165, 1.54) is 29.2 Å². The van der Waals surface area contributed by atoms with Crippen molar-refractivity contribution in [2.45, 2.75) is 11.8 Å². The van der Waals surface area contributed by atoms with Gasteiger partial charge in [-0.3, -0.25) is 15.0 Å². The minimum atomic E-state index is -3.93. The fourth-order valence-corrected chi connectivity index (χ4v) is 3.10. The van der Waals surface area contributed by atoms with Gasteiger partial charge in [-0.05, 0) is 24.3 Å². The number of hydrazone groups is 1. The molecule has 1 fully saturated rings. The number of benzene rings is 1. The van der Waals surface area contributed by atoms with Gasteiger partial charge in [0.15, 0.2) is 0 Å². The first kappa shape index (κ1) is 19.4. The molecular formula is C15H17N5O5S. The summed E-state index contributed by atoms with van der Waals surface area (Å²) >= 11 is 0. The van der Waals surface area contributed by atoms with Gasteiger partial charge in [0.25, 0.3) is 15.9 Å². The zero-order valence-corrected chi connectivity index (χ0v) is 14.7. The third kappa shape index (κ3) is 5.01. The summed E-state index contributed by atoms with van der Waals surface area (Å²) in [5, 5.41) is 12.9. The number of hydrogen-bond donors (Lipinski definition) is 2. The third-order valence-corrected chi connectivity index (χ3v) is 4.80. The van der Waals surface area contributed by atoms with Crippen LogP contribution in [0, 0.1) is 11.3 Å². The number of nitrogens with one attached hydrogen (secondary N) is 2. The Morgan fingerprint density at radius 2 is 1.85 bits per heavy atom. The summed E-state index contributed by atoms with van der Waals surface area (Å²) in [5.74, 6) is -1.20. The van der Waals surface area contributed by atoms with Gasteiger partial charge in [0.05, 0.1) is 23.8 Å². The van der Waals surface area contributed by atoms with Crippen LogP contribution in [0.4, 0.5) is 5.69 Å². The standard InChI is InChI=1S/C15H17N5O5S/c1-11(21)19-26(23,24)13-4-2-12(3-5-13)17-18-14(10-16)15(22)20-6-8-25-9-7-20/h2-5,17H,6-9H2,1H3,(H,19,21)/b18-14+. The van der Waals surface area contributed by atoms with Gasteiger partial charge in [-0.1, -0.05) is 0 Å². The van der Waals surface area contributed by atoms with Gasteiger partial charge < -0.3 is 9.64 Å². The summed E-state index contributed by atoms with van der Waals surface area (Å²) in [5.41, 5.74) is 2.59. The highest BCUT2D eigenvalue weighted by molar-refractivity contribution is 7.90. The number of amides is 2. The number of hydrogen-bond acceptors (Lipinski definition) is 8. The molecule has 1 aromatic carbocycles. The highest BCUT2D eigenvalue weighted by Crippen LogP contribution is 2.14. The monoisotopic (exact) mass is 379 g/mol. The summed E-state index contributed by atoms with van der Waals surface area (Å²) in [6.07, 6.45) is 0. The van der Waals surface area contributed by atoms with E-state index in [4.69, 9.17) is 10.00 Å². The Morgan fingerprint density at radius 1 is 1.23 bits per heavy atom. The molecule has 26 heavy (non-hydrogen) atoms. The minimum absolute atomic E-state index is 0.105. The quantitative estimate of drug-likeness (QED) is 0.527. The molecule has 1 heterocycles. The molecule has 2 rings (SSSR count). The van der Waals surface area contributed by atoms with Crippen LogP contribution in [-0.4, -0.2) is 57.1 Å². The molecule has 0 spiro atoms. The number of nitriles is 1. The molecule has 0 aliphatic carbocycles. The van der Waals surface area contributed by atoms with E-state index >= 15 is 0 Å². The highest BCUT2D eigenvalue weighted by atomic mass is 32.2. The molecule has 2 N–H and O–H groups in total. The van der Waals surface area contributed by atoms with E-state index in [-0.39, 0.29) is 10.6 Å². The number of carbonyl (C=O) groups is 2. The summed E-state index contributed by atoms with van der Waals surface area (Å²) in [6.45, 7) is 2.67. The number of nitrogens with zero attached hydrogens (tertiary/aromatic N) is 3. The van der Waals surface area contributed by atoms with Crippen LogP contribution in [0.2, 0.25) is 0 Å². The third-order valence-electron chi connectivity index (χ3n) is 3.35. The second-order valence-corrected chi connectivity index (χ2v) is 6.96. The fraction of sp³-hybridized carbons (Fsp3) is 0.333. The first-order valence-corrected chi connectivity index (χ1v) is 9.06. The van der Waals surface area contributed by atoms with Crippen molar-refractivity contribution >= 4 is 33.2 Å². The van der Waals surface area contributed by atoms with Crippen molar-refractivity contribution in [3.63, 3.8) is 0 Å². The van der Waals surface area contributed by atoms with Gasteiger partial charge in [-0.25, -0.2) is 13.1 Å². The number of rotatable bonds is 5. The van der Waals surface area contributed by atoms with Crippen LogP contribution in [0.3, 0.4) is 0 Å². The van der Waals surface area contributed by atoms with Gasteiger partial charge in [-0.2, -0.15) is 10.4 Å². The maximum absolute atomic E-state index is 12.2. The average Bonchev–Trinajstić information content (AvgIpc) is 2.62. The first-order chi connectivity index (χ1) is 12.3. The normalized spacial score (nSPS) is 15.1. The number of sulfonamides is 1. The van der Waals surface area contributed by atoms with Crippen molar-refractivity contribution in [1.29, 1.82) is 5.26 Å². The van der Waals surface area contributed by atoms with Gasteiger partial charge in [0.2, 0.25) is 11.6 Å². The van der Waals surface area contributed by atoms with Gasteiger partial charge in [0, 0.05) is 20.0 Å². The molecule has 2 amide bonds. The van der Waals surface area contributed by atoms with E-state index in [2.05, 4.69) is 10.5 Å². The maximum atomic E-state index is 12.2. The van der Waals surface area contributed by atoms with E-state index in [1.807, 2.05) is 4.72 Å². The number of ether oxygens (including phenoxy) is 1. The van der Waals surface area contributed by atoms with Crippen LogP contribution < -0.4 is 10.1 Å². The molecule has 1 aliphatic rings. The van der Waals surface area contributed by atoms with Crippen LogP contribution in [0.25, 0.3) is 0 Å². The van der Waals surface area contributed by atoms with E-state index < -0.39 is 21.8 Å². The number of anilines is 1. The highest BCUT2D eigenvalue weighted by Gasteiger charge is 2.22. The predicted molar refractivity (Wildman–Crippen MR) is 91.5 cm³/mol. The maximum Gasteiger partial charge on any atom is 0.285 e. The molecule has 0 bridgehead atoms. The van der Waals surface area contributed by atoms with Crippen molar-refractivity contribution in [2.24, 2.45) is 5.10 Å². The van der Waals surface area contributed by atoms with Crippen LogP contribution in [-0.2, 0) is 24.3 Å². The molecule has 1 aliphatic heterocycles. The van der Waals surface area contributed by atoms with E-state index in [0.29, 0.717) is 32.0 Å². The zero-order valence-electron chi connectivity index (χ0n) is 13.9. The van der Waals surface area contributed by atoms with Crippen LogP contribution >= 0.6 is 0 Å². The Morgan fingerprint density at radius 3 is 2.38 bits per heavy atom. The first-order valence-electron chi connectivity index (χ1n) is 7.58. The number of carbonyl (C=O) groups excluding carboxylic acids is 2. The fourth-order valence-electron chi connectivity index (χ4n) is 2.11. The van der Waals surface area contributed by atoms with Gasteiger partial charge in [0.1, 0.15) is 6.07 Å². The molecule has 11 heteroatoms. The van der Waals surface area contributed by atoms with Crippen molar-refractivity contribution < 1.29 is 22.7 Å². The second kappa shape index (κ2) is 8.41. The molecule has 0 saturated carbocycles. The second-order valence-electron chi connectivity index (χ2n) is 5.27. The zero-order chi connectivity index (χ0) is 19.2. The summed E-state index contributed by atoms with van der Waals surface area (Å²) < 4.78 is 30.7. The molecular weight excluding hydrogens is 362 g/mol. The van der Waals surface area contributed by atoms with Crippen molar-refractivity contribution in [2.75, 3.05) is 31.7 Å². The predicted octanol–water partition coefficient (Wildman–Crippen LogP) is -0.338. The van der Waals surface area contributed by atoms with Crippen LogP contribution in [0.1, 0.15) is 6.92 Å². The molecule has 138 valence electrons. The summed E-state index contributed by atoms with van der Waals surface area (Å²) in [7, 11) is -3.93. The molecule has 0 atom stereocenters. The van der Waals surface area contributed by atoms with Crippen LogP contribution in [0.5, 0.6) is 0 Å². The lowest BCUT2D eigenvalue weighted by molar-refractivity contribution is -0.127. The van der Waals surface area contributed by atoms with E-state index in [1.54, 1.807) is 6.07 Å². The lowest BCUT2D eigenvalue weighted by Crippen LogP contribution is -2.44. The van der Waals surface area contributed by atoms with Crippen molar-refractivity contribution in [1.82, 2.24) is 9.62 Å². The lowest BCUT2D eigenvalue weighted by atomic mass is 10.3. The Labute approximate surface area is 150 Å². The van der Waals surface area contributed by atoms with Crippen molar-refractivity contribution in [3.8, 4) is 6.07 Å². The minimum Gasteiger partial charge on any atom is -0.378 e. The Bertz CT molecular complexity index is 851. The lowest BCUT2D eigenvalue weighted by Gasteiger charge is -2.25. The molecule has 0 aromatic heterocycles. The molecule has 1 aromatic rings. The summed E-state index contributed by atoms with van der Waals surface area (Å²) in [6, 6.07) is 7.05. The Balaban J connectivity index is 2.07. The van der Waals surface area contributed by atoms with Gasteiger partial charge in [-0.15, -0.1) is 0 Å². The van der Waals surface area contributed by atoms with E-state index in [0.717, 1.165) is 6.92 Å². The molecule has 0 radical (unpaired) electrons. The Hall–Kier alpha value is -2.97. The van der Waals surface area contributed by atoms with E-state index in [9.17, 15) is 18.0 Å². The van der Waals surface area contributed by atoms with Gasteiger partial charge >= 0.3 is 0 Å². The molecule has 10 nitrogen and oxygen atoms in total. The SMILES string of the molecule is CC(=O)NS(=O)(=O)c1ccc(N/N=C(\C#N)C(=O)N2CCOCC2)cc1.